The van der Waals surface area contributed by atoms with Gasteiger partial charge in [-0.2, -0.15) is 0 Å². The highest BCUT2D eigenvalue weighted by atomic mass is 35.5. The number of nitrogens with one attached hydrogen (secondary N) is 1. The first-order chi connectivity index (χ1) is 11.0. The Bertz CT molecular complexity index is 748. The summed E-state index contributed by atoms with van der Waals surface area (Å²) in [6, 6.07) is 4.88. The lowest BCUT2D eigenvalue weighted by molar-refractivity contribution is -0.123. The van der Waals surface area contributed by atoms with E-state index in [2.05, 4.69) is 15.3 Å². The number of aromatic nitrogens is 2. The molecule has 1 aromatic carbocycles. The summed E-state index contributed by atoms with van der Waals surface area (Å²) in [6.45, 7) is 0.700. The van der Waals surface area contributed by atoms with Crippen LogP contribution in [-0.4, -0.2) is 39.8 Å². The van der Waals surface area contributed by atoms with Crippen LogP contribution in [0.25, 0.3) is 0 Å². The Balaban J connectivity index is 1.55. The van der Waals surface area contributed by atoms with Crippen LogP contribution in [0.2, 0.25) is 10.0 Å². The Morgan fingerprint density at radius 3 is 2.61 bits per heavy atom. The molecule has 0 spiro atoms. The van der Waals surface area contributed by atoms with Crippen LogP contribution >= 0.6 is 23.2 Å². The topological polar surface area (TPSA) is 75.2 Å². The number of amides is 2. The minimum Gasteiger partial charge on any atom is -0.336 e. The van der Waals surface area contributed by atoms with Gasteiger partial charge in [-0.25, -0.2) is 4.98 Å². The van der Waals surface area contributed by atoms with E-state index in [1.165, 1.54) is 18.6 Å². The van der Waals surface area contributed by atoms with E-state index in [4.69, 9.17) is 23.2 Å². The van der Waals surface area contributed by atoms with Gasteiger partial charge in [0.25, 0.3) is 5.91 Å². The summed E-state index contributed by atoms with van der Waals surface area (Å²) in [4.78, 5) is 33.6. The zero-order valence-electron chi connectivity index (χ0n) is 11.9. The van der Waals surface area contributed by atoms with Gasteiger partial charge in [-0.15, -0.1) is 0 Å². The molecule has 1 aromatic heterocycles. The van der Waals surface area contributed by atoms with Gasteiger partial charge in [0.05, 0.1) is 22.2 Å². The van der Waals surface area contributed by atoms with Crippen molar-refractivity contribution in [1.29, 1.82) is 0 Å². The summed E-state index contributed by atoms with van der Waals surface area (Å²) >= 11 is 11.7. The second-order valence-corrected chi connectivity index (χ2v) is 5.93. The first-order valence-corrected chi connectivity index (χ1v) is 7.61. The van der Waals surface area contributed by atoms with E-state index in [1.54, 1.807) is 23.1 Å². The first kappa shape index (κ1) is 15.7. The van der Waals surface area contributed by atoms with Crippen molar-refractivity contribution >= 4 is 40.7 Å². The summed E-state index contributed by atoms with van der Waals surface area (Å²) in [6.07, 6.45) is 4.37. The number of halogens is 2. The number of nitrogens with zero attached hydrogens (tertiary/aromatic N) is 3. The van der Waals surface area contributed by atoms with E-state index in [0.717, 1.165) is 0 Å². The third-order valence-corrected chi connectivity index (χ3v) is 4.25. The van der Waals surface area contributed by atoms with Crippen molar-refractivity contribution in [3.8, 4) is 0 Å². The normalized spacial score (nSPS) is 14.3. The Labute approximate surface area is 142 Å². The van der Waals surface area contributed by atoms with Crippen molar-refractivity contribution < 1.29 is 9.59 Å². The van der Waals surface area contributed by atoms with Gasteiger partial charge in [0.1, 0.15) is 5.69 Å². The smallest absolute Gasteiger partial charge is 0.274 e. The molecular formula is C15H12Cl2N4O2. The fraction of sp³-hybridized carbons (Fsp3) is 0.200. The van der Waals surface area contributed by atoms with Gasteiger partial charge in [0.15, 0.2) is 0 Å². The van der Waals surface area contributed by atoms with Crippen LogP contribution in [0.5, 0.6) is 0 Å². The third kappa shape index (κ3) is 3.43. The number of rotatable bonds is 3. The summed E-state index contributed by atoms with van der Waals surface area (Å²) in [7, 11) is 0. The van der Waals surface area contributed by atoms with E-state index < -0.39 is 0 Å². The highest BCUT2D eigenvalue weighted by Crippen LogP contribution is 2.26. The van der Waals surface area contributed by atoms with E-state index in [0.29, 0.717) is 28.8 Å². The molecule has 0 radical (unpaired) electrons. The molecule has 1 aliphatic heterocycles. The molecule has 23 heavy (non-hydrogen) atoms. The first-order valence-electron chi connectivity index (χ1n) is 6.86. The maximum atomic E-state index is 12.1. The molecule has 118 valence electrons. The molecule has 0 saturated carbocycles. The van der Waals surface area contributed by atoms with Crippen molar-refractivity contribution in [1.82, 2.24) is 14.9 Å². The molecule has 6 nitrogen and oxygen atoms in total. The van der Waals surface area contributed by atoms with Crippen molar-refractivity contribution in [2.45, 2.75) is 0 Å². The second kappa shape index (κ2) is 6.52. The zero-order valence-corrected chi connectivity index (χ0v) is 13.4. The van der Waals surface area contributed by atoms with Crippen LogP contribution in [0.1, 0.15) is 10.5 Å². The number of likely N-dealkylation sites (tertiary alicyclic amines) is 1. The van der Waals surface area contributed by atoms with E-state index in [1.807, 2.05) is 0 Å². The van der Waals surface area contributed by atoms with Crippen LogP contribution in [0.15, 0.2) is 36.8 Å². The Kier molecular flexibility index (Phi) is 4.45. The van der Waals surface area contributed by atoms with Crippen LogP contribution in [0.4, 0.5) is 5.69 Å². The minimum atomic E-state index is -0.259. The molecule has 3 rings (SSSR count). The fourth-order valence-corrected chi connectivity index (χ4v) is 2.50. The summed E-state index contributed by atoms with van der Waals surface area (Å²) in [5, 5.41) is 3.56. The van der Waals surface area contributed by atoms with Gasteiger partial charge in [0.2, 0.25) is 5.91 Å². The molecule has 2 aromatic rings. The Morgan fingerprint density at radius 2 is 1.96 bits per heavy atom. The third-order valence-electron chi connectivity index (χ3n) is 3.51. The average molecular weight is 351 g/mol. The number of benzene rings is 1. The average Bonchev–Trinajstić information content (AvgIpc) is 2.50. The van der Waals surface area contributed by atoms with E-state index >= 15 is 0 Å². The SMILES string of the molecule is O=C(Nc1ccc(Cl)c(Cl)c1)C1CN(C(=O)c2cnccn2)C1. The number of carbonyl (C=O) groups excluding carboxylic acids is 2. The van der Waals surface area contributed by atoms with Gasteiger partial charge < -0.3 is 10.2 Å². The largest absolute Gasteiger partial charge is 0.336 e. The molecule has 1 fully saturated rings. The van der Waals surface area contributed by atoms with Crippen molar-refractivity contribution in [2.75, 3.05) is 18.4 Å². The molecule has 1 aliphatic rings. The highest BCUT2D eigenvalue weighted by molar-refractivity contribution is 6.42. The number of hydrogen-bond acceptors (Lipinski definition) is 4. The minimum absolute atomic E-state index is 0.161. The molecule has 1 N–H and O–H groups in total. The predicted molar refractivity (Wildman–Crippen MR) is 86.5 cm³/mol. The second-order valence-electron chi connectivity index (χ2n) is 5.12. The summed E-state index contributed by atoms with van der Waals surface area (Å²) in [5.41, 5.74) is 0.846. The number of carbonyl (C=O) groups is 2. The van der Waals surface area contributed by atoms with Crippen molar-refractivity contribution in [3.05, 3.63) is 52.5 Å². The van der Waals surface area contributed by atoms with Gasteiger partial charge in [-0.3, -0.25) is 14.6 Å². The van der Waals surface area contributed by atoms with Crippen molar-refractivity contribution in [2.24, 2.45) is 5.92 Å². The lowest BCUT2D eigenvalue weighted by atomic mass is 9.98. The van der Waals surface area contributed by atoms with E-state index in [-0.39, 0.29) is 23.4 Å². The summed E-state index contributed by atoms with van der Waals surface area (Å²) in [5.74, 6) is -0.645. The Hall–Kier alpha value is -2.18. The fourth-order valence-electron chi connectivity index (χ4n) is 2.20. The molecule has 2 heterocycles. The molecule has 2 amide bonds. The van der Waals surface area contributed by atoms with Crippen LogP contribution in [0, 0.1) is 5.92 Å². The highest BCUT2D eigenvalue weighted by Gasteiger charge is 2.36. The molecule has 0 bridgehead atoms. The summed E-state index contributed by atoms with van der Waals surface area (Å²) < 4.78 is 0. The molecule has 0 atom stereocenters. The molecule has 0 aliphatic carbocycles. The maximum Gasteiger partial charge on any atom is 0.274 e. The molecular weight excluding hydrogens is 339 g/mol. The monoisotopic (exact) mass is 350 g/mol. The maximum absolute atomic E-state index is 12.1. The quantitative estimate of drug-likeness (QED) is 0.922. The van der Waals surface area contributed by atoms with Gasteiger partial charge >= 0.3 is 0 Å². The van der Waals surface area contributed by atoms with Gasteiger partial charge in [-0.05, 0) is 18.2 Å². The van der Waals surface area contributed by atoms with Gasteiger partial charge in [0, 0.05) is 31.2 Å². The number of hydrogen-bond donors (Lipinski definition) is 1. The standard InChI is InChI=1S/C15H12Cl2N4O2/c16-11-2-1-10(5-12(11)17)20-14(22)9-7-21(8-9)15(23)13-6-18-3-4-19-13/h1-6,9H,7-8H2,(H,20,22). The van der Waals surface area contributed by atoms with Crippen LogP contribution in [0.3, 0.4) is 0 Å². The van der Waals surface area contributed by atoms with E-state index in [9.17, 15) is 9.59 Å². The van der Waals surface area contributed by atoms with Crippen LogP contribution in [-0.2, 0) is 4.79 Å². The van der Waals surface area contributed by atoms with Gasteiger partial charge in [-0.1, -0.05) is 23.2 Å². The Morgan fingerprint density at radius 1 is 1.17 bits per heavy atom. The molecule has 0 unspecified atom stereocenters. The lowest BCUT2D eigenvalue weighted by Gasteiger charge is -2.37. The molecule has 8 heteroatoms. The lowest BCUT2D eigenvalue weighted by Crippen LogP contribution is -2.54. The van der Waals surface area contributed by atoms with Crippen molar-refractivity contribution in [3.63, 3.8) is 0 Å². The predicted octanol–water partition coefficient (Wildman–Crippen LogP) is 2.49. The number of anilines is 1. The van der Waals surface area contributed by atoms with Crippen LogP contribution < -0.4 is 5.32 Å². The zero-order chi connectivity index (χ0) is 16.4. The molecule has 1 saturated heterocycles.